The van der Waals surface area contributed by atoms with Crippen LogP contribution in [0, 0.1) is 0 Å². The summed E-state index contributed by atoms with van der Waals surface area (Å²) in [6.45, 7) is 1.11. The maximum Gasteiger partial charge on any atom is 0.234 e. The van der Waals surface area contributed by atoms with Gasteiger partial charge < -0.3 is 10.6 Å². The highest BCUT2D eigenvalue weighted by molar-refractivity contribution is 5.85. The first-order chi connectivity index (χ1) is 10.8. The molecular formula is C19H24N2O. The SMILES string of the molecule is O=C(CNCc1cccc2ccccc12)NC1CCCCC1. The van der Waals surface area contributed by atoms with Crippen molar-refractivity contribution in [3.05, 3.63) is 48.0 Å². The maximum absolute atomic E-state index is 12.0. The van der Waals surface area contributed by atoms with E-state index in [1.54, 1.807) is 0 Å². The zero-order valence-electron chi connectivity index (χ0n) is 13.0. The molecule has 3 heteroatoms. The molecule has 1 saturated carbocycles. The molecule has 3 nitrogen and oxygen atoms in total. The molecule has 0 radical (unpaired) electrons. The number of carbonyl (C=O) groups excluding carboxylic acids is 1. The first kappa shape index (κ1) is 15.0. The number of fused-ring (bicyclic) bond motifs is 1. The molecule has 1 fully saturated rings. The smallest absolute Gasteiger partial charge is 0.234 e. The van der Waals surface area contributed by atoms with Crippen LogP contribution in [0.2, 0.25) is 0 Å². The minimum absolute atomic E-state index is 0.118. The Balaban J connectivity index is 1.50. The Hall–Kier alpha value is -1.87. The van der Waals surface area contributed by atoms with Gasteiger partial charge in [-0.05, 0) is 29.2 Å². The van der Waals surface area contributed by atoms with Crippen molar-refractivity contribution >= 4 is 16.7 Å². The Morgan fingerprint density at radius 1 is 1.00 bits per heavy atom. The molecular weight excluding hydrogens is 272 g/mol. The van der Waals surface area contributed by atoms with E-state index in [1.807, 2.05) is 0 Å². The Labute approximate surface area is 132 Å². The van der Waals surface area contributed by atoms with Gasteiger partial charge in [-0.3, -0.25) is 4.79 Å². The van der Waals surface area contributed by atoms with Gasteiger partial charge >= 0.3 is 0 Å². The van der Waals surface area contributed by atoms with Crippen LogP contribution in [0.5, 0.6) is 0 Å². The summed E-state index contributed by atoms with van der Waals surface area (Å²) in [7, 11) is 0. The normalized spacial score (nSPS) is 15.8. The molecule has 2 aromatic carbocycles. The van der Waals surface area contributed by atoms with Crippen molar-refractivity contribution < 1.29 is 4.79 Å². The van der Waals surface area contributed by atoms with Crippen molar-refractivity contribution in [3.8, 4) is 0 Å². The molecule has 0 unspecified atom stereocenters. The molecule has 1 aliphatic rings. The summed E-state index contributed by atoms with van der Waals surface area (Å²) in [5.74, 6) is 0.118. The van der Waals surface area contributed by atoms with E-state index in [1.165, 1.54) is 35.6 Å². The molecule has 1 aliphatic carbocycles. The molecule has 3 rings (SSSR count). The predicted molar refractivity (Wildman–Crippen MR) is 90.7 cm³/mol. The van der Waals surface area contributed by atoms with Gasteiger partial charge in [0.1, 0.15) is 0 Å². The third-order valence-corrected chi connectivity index (χ3v) is 4.45. The molecule has 22 heavy (non-hydrogen) atoms. The fourth-order valence-corrected chi connectivity index (χ4v) is 3.28. The molecule has 0 atom stereocenters. The van der Waals surface area contributed by atoms with E-state index in [9.17, 15) is 4.79 Å². The Kier molecular flexibility index (Phi) is 5.07. The number of nitrogens with one attached hydrogen (secondary N) is 2. The lowest BCUT2D eigenvalue weighted by atomic mass is 9.95. The van der Waals surface area contributed by atoms with Crippen molar-refractivity contribution in [3.63, 3.8) is 0 Å². The molecule has 2 N–H and O–H groups in total. The topological polar surface area (TPSA) is 41.1 Å². The first-order valence-corrected chi connectivity index (χ1v) is 8.29. The van der Waals surface area contributed by atoms with Crippen LogP contribution in [0.4, 0.5) is 0 Å². The minimum atomic E-state index is 0.118. The average Bonchev–Trinajstić information content (AvgIpc) is 2.56. The van der Waals surface area contributed by atoms with Crippen molar-refractivity contribution in [2.45, 2.75) is 44.7 Å². The monoisotopic (exact) mass is 296 g/mol. The van der Waals surface area contributed by atoms with Crippen LogP contribution >= 0.6 is 0 Å². The van der Waals surface area contributed by atoms with Gasteiger partial charge in [-0.25, -0.2) is 0 Å². The second-order valence-corrected chi connectivity index (χ2v) is 6.14. The lowest BCUT2D eigenvalue weighted by Gasteiger charge is -2.22. The summed E-state index contributed by atoms with van der Waals surface area (Å²) < 4.78 is 0. The summed E-state index contributed by atoms with van der Waals surface area (Å²) in [6.07, 6.45) is 6.07. The molecule has 1 amide bonds. The lowest BCUT2D eigenvalue weighted by Crippen LogP contribution is -2.41. The van der Waals surface area contributed by atoms with Crippen LogP contribution < -0.4 is 10.6 Å². The molecule has 0 bridgehead atoms. The molecule has 0 aromatic heterocycles. The van der Waals surface area contributed by atoms with Gasteiger partial charge in [-0.2, -0.15) is 0 Å². The van der Waals surface area contributed by atoms with E-state index < -0.39 is 0 Å². The fourth-order valence-electron chi connectivity index (χ4n) is 3.28. The summed E-state index contributed by atoms with van der Waals surface area (Å²) in [5.41, 5.74) is 1.24. The summed E-state index contributed by atoms with van der Waals surface area (Å²) in [6, 6.07) is 15.1. The van der Waals surface area contributed by atoms with Crippen molar-refractivity contribution in [1.82, 2.24) is 10.6 Å². The number of hydrogen-bond acceptors (Lipinski definition) is 2. The van der Waals surface area contributed by atoms with E-state index in [2.05, 4.69) is 53.1 Å². The van der Waals surface area contributed by atoms with E-state index >= 15 is 0 Å². The van der Waals surface area contributed by atoms with Crippen LogP contribution in [0.3, 0.4) is 0 Å². The molecule has 0 heterocycles. The molecule has 0 spiro atoms. The highest BCUT2D eigenvalue weighted by Gasteiger charge is 2.15. The number of rotatable bonds is 5. The standard InChI is InChI=1S/C19H24N2O/c22-19(21-17-10-2-1-3-11-17)14-20-13-16-9-6-8-15-7-4-5-12-18(15)16/h4-9,12,17,20H,1-3,10-11,13-14H2,(H,21,22). The second-order valence-electron chi connectivity index (χ2n) is 6.14. The summed E-state index contributed by atoms with van der Waals surface area (Å²) in [4.78, 5) is 12.0. The quantitative estimate of drug-likeness (QED) is 0.888. The number of hydrogen-bond donors (Lipinski definition) is 2. The van der Waals surface area contributed by atoms with Gasteiger partial charge in [0.2, 0.25) is 5.91 Å². The average molecular weight is 296 g/mol. The van der Waals surface area contributed by atoms with E-state index in [-0.39, 0.29) is 5.91 Å². The van der Waals surface area contributed by atoms with E-state index in [0.29, 0.717) is 12.6 Å². The van der Waals surface area contributed by atoms with Crippen molar-refractivity contribution in [1.29, 1.82) is 0 Å². The zero-order valence-corrected chi connectivity index (χ0v) is 13.0. The first-order valence-electron chi connectivity index (χ1n) is 8.29. The number of carbonyl (C=O) groups is 1. The Bertz CT molecular complexity index is 627. The third-order valence-electron chi connectivity index (χ3n) is 4.45. The Morgan fingerprint density at radius 2 is 1.77 bits per heavy atom. The van der Waals surface area contributed by atoms with Crippen molar-refractivity contribution in [2.75, 3.05) is 6.54 Å². The molecule has 2 aromatic rings. The number of benzene rings is 2. The minimum Gasteiger partial charge on any atom is -0.352 e. The van der Waals surface area contributed by atoms with Gasteiger partial charge in [0.25, 0.3) is 0 Å². The van der Waals surface area contributed by atoms with Crippen LogP contribution in [0.1, 0.15) is 37.7 Å². The van der Waals surface area contributed by atoms with Crippen LogP contribution in [-0.2, 0) is 11.3 Å². The highest BCUT2D eigenvalue weighted by atomic mass is 16.1. The van der Waals surface area contributed by atoms with Crippen LogP contribution in [-0.4, -0.2) is 18.5 Å². The second kappa shape index (κ2) is 7.41. The molecule has 116 valence electrons. The van der Waals surface area contributed by atoms with Crippen LogP contribution in [0.15, 0.2) is 42.5 Å². The molecule has 0 saturated heterocycles. The van der Waals surface area contributed by atoms with Gasteiger partial charge in [0.05, 0.1) is 6.54 Å². The highest BCUT2D eigenvalue weighted by Crippen LogP contribution is 2.18. The Morgan fingerprint density at radius 3 is 2.64 bits per heavy atom. The lowest BCUT2D eigenvalue weighted by molar-refractivity contribution is -0.121. The van der Waals surface area contributed by atoms with Gasteiger partial charge in [-0.1, -0.05) is 61.7 Å². The maximum atomic E-state index is 12.0. The third kappa shape index (κ3) is 3.86. The fraction of sp³-hybridized carbons (Fsp3) is 0.421. The summed E-state index contributed by atoms with van der Waals surface area (Å²) in [5, 5.41) is 8.91. The van der Waals surface area contributed by atoms with E-state index in [4.69, 9.17) is 0 Å². The summed E-state index contributed by atoms with van der Waals surface area (Å²) >= 11 is 0. The van der Waals surface area contributed by atoms with Crippen molar-refractivity contribution in [2.24, 2.45) is 0 Å². The zero-order chi connectivity index (χ0) is 15.2. The van der Waals surface area contributed by atoms with Crippen LogP contribution in [0.25, 0.3) is 10.8 Å². The van der Waals surface area contributed by atoms with Gasteiger partial charge in [0.15, 0.2) is 0 Å². The predicted octanol–water partition coefficient (Wildman–Crippen LogP) is 3.38. The largest absolute Gasteiger partial charge is 0.352 e. The van der Waals surface area contributed by atoms with Gasteiger partial charge in [-0.15, -0.1) is 0 Å². The van der Waals surface area contributed by atoms with Gasteiger partial charge in [0, 0.05) is 12.6 Å². The molecule has 0 aliphatic heterocycles. The number of amides is 1. The van der Waals surface area contributed by atoms with E-state index in [0.717, 1.165) is 19.4 Å².